The molecule has 1 saturated carbocycles. The number of amides is 2. The van der Waals surface area contributed by atoms with E-state index >= 15 is 0 Å². The molecule has 0 bridgehead atoms. The summed E-state index contributed by atoms with van der Waals surface area (Å²) in [5.74, 6) is 0.744. The average Bonchev–Trinajstić information content (AvgIpc) is 3.07. The third-order valence-electron chi connectivity index (χ3n) is 6.43. The highest BCUT2D eigenvalue weighted by Gasteiger charge is 2.51. The number of carbonyl (C=O) groups is 2. The van der Waals surface area contributed by atoms with Crippen LogP contribution in [0.5, 0.6) is 0 Å². The molecule has 0 radical (unpaired) electrons. The van der Waals surface area contributed by atoms with Crippen LogP contribution in [0.1, 0.15) is 42.5 Å². The summed E-state index contributed by atoms with van der Waals surface area (Å²) >= 11 is 0. The third kappa shape index (κ3) is 3.34. The maximum absolute atomic E-state index is 12.8. The van der Waals surface area contributed by atoms with E-state index in [1.165, 1.54) is 19.3 Å². The highest BCUT2D eigenvalue weighted by Crippen LogP contribution is 2.53. The summed E-state index contributed by atoms with van der Waals surface area (Å²) < 4.78 is 5.33. The zero-order valence-electron chi connectivity index (χ0n) is 15.2. The molecule has 1 aromatic rings. The molecule has 0 N–H and O–H groups in total. The summed E-state index contributed by atoms with van der Waals surface area (Å²) in [6, 6.07) is 3.64. The second-order valence-electron chi connectivity index (χ2n) is 7.87. The zero-order chi connectivity index (χ0) is 18.0. The van der Waals surface area contributed by atoms with Crippen molar-refractivity contribution in [1.29, 1.82) is 0 Å². The molecule has 4 rings (SSSR count). The second-order valence-corrected chi connectivity index (χ2v) is 7.87. The average molecular weight is 357 g/mol. The van der Waals surface area contributed by atoms with E-state index in [2.05, 4.69) is 4.98 Å². The van der Waals surface area contributed by atoms with E-state index in [-0.39, 0.29) is 17.2 Å². The lowest BCUT2D eigenvalue weighted by Crippen LogP contribution is -2.42. The van der Waals surface area contributed by atoms with Crippen molar-refractivity contribution < 1.29 is 14.3 Å². The summed E-state index contributed by atoms with van der Waals surface area (Å²) in [5, 5.41) is 0. The lowest BCUT2D eigenvalue weighted by Gasteiger charge is -2.43. The van der Waals surface area contributed by atoms with E-state index in [9.17, 15) is 9.59 Å². The normalized spacial score (nSPS) is 24.5. The van der Waals surface area contributed by atoms with Crippen LogP contribution in [0, 0.1) is 11.3 Å². The number of pyridine rings is 1. The van der Waals surface area contributed by atoms with Gasteiger partial charge in [0.05, 0.1) is 18.8 Å². The molecular weight excluding hydrogens is 330 g/mol. The van der Waals surface area contributed by atoms with Crippen LogP contribution in [-0.2, 0) is 9.53 Å². The van der Waals surface area contributed by atoms with E-state index < -0.39 is 0 Å². The van der Waals surface area contributed by atoms with Gasteiger partial charge >= 0.3 is 0 Å². The molecule has 0 aromatic carbocycles. The highest BCUT2D eigenvalue weighted by molar-refractivity contribution is 5.94. The van der Waals surface area contributed by atoms with Gasteiger partial charge in [0, 0.05) is 45.0 Å². The van der Waals surface area contributed by atoms with Crippen LogP contribution < -0.4 is 0 Å². The van der Waals surface area contributed by atoms with E-state index in [4.69, 9.17) is 4.74 Å². The van der Waals surface area contributed by atoms with E-state index in [1.807, 2.05) is 15.9 Å². The number of nitrogens with zero attached hydrogens (tertiary/aromatic N) is 3. The molecule has 26 heavy (non-hydrogen) atoms. The SMILES string of the molecule is O=C(CCC1CN(C(=O)c2cccnc2)CC12CCC2)N1CCOCC1. The quantitative estimate of drug-likeness (QED) is 0.826. The molecule has 2 saturated heterocycles. The Bertz CT molecular complexity index is 654. The number of rotatable bonds is 4. The molecule has 6 nitrogen and oxygen atoms in total. The molecule has 140 valence electrons. The monoisotopic (exact) mass is 357 g/mol. The first-order chi connectivity index (χ1) is 12.7. The molecule has 1 unspecified atom stereocenters. The standard InChI is InChI=1S/C20H27N3O3/c24-18(22-9-11-26-12-10-22)5-4-17-14-23(15-20(17)6-2-7-20)19(25)16-3-1-8-21-13-16/h1,3,8,13,17H,2,4-7,9-12,14-15H2. The van der Waals surface area contributed by atoms with Crippen LogP contribution in [-0.4, -0.2) is 66.0 Å². The maximum Gasteiger partial charge on any atom is 0.255 e. The highest BCUT2D eigenvalue weighted by atomic mass is 16.5. The molecule has 3 aliphatic rings. The number of likely N-dealkylation sites (tertiary alicyclic amines) is 1. The zero-order valence-corrected chi connectivity index (χ0v) is 15.2. The smallest absolute Gasteiger partial charge is 0.255 e. The van der Waals surface area contributed by atoms with Crippen LogP contribution in [0.25, 0.3) is 0 Å². The van der Waals surface area contributed by atoms with Crippen LogP contribution in [0.4, 0.5) is 0 Å². The van der Waals surface area contributed by atoms with Crippen molar-refractivity contribution >= 4 is 11.8 Å². The minimum Gasteiger partial charge on any atom is -0.378 e. The molecule has 2 aliphatic heterocycles. The molecular formula is C20H27N3O3. The van der Waals surface area contributed by atoms with E-state index in [0.29, 0.717) is 44.2 Å². The number of hydrogen-bond acceptors (Lipinski definition) is 4. The van der Waals surface area contributed by atoms with Crippen LogP contribution in [0.3, 0.4) is 0 Å². The Kier molecular flexibility index (Phi) is 4.94. The summed E-state index contributed by atoms with van der Waals surface area (Å²) in [6.07, 6.45) is 8.40. The summed E-state index contributed by atoms with van der Waals surface area (Å²) in [7, 11) is 0. The van der Waals surface area contributed by atoms with E-state index in [1.54, 1.807) is 18.5 Å². The molecule has 1 spiro atoms. The Hall–Kier alpha value is -1.95. The first-order valence-electron chi connectivity index (χ1n) is 9.73. The van der Waals surface area contributed by atoms with Gasteiger partial charge in [-0.2, -0.15) is 0 Å². The van der Waals surface area contributed by atoms with Crippen molar-refractivity contribution in [3.8, 4) is 0 Å². The number of aromatic nitrogens is 1. The van der Waals surface area contributed by atoms with Crippen molar-refractivity contribution in [2.75, 3.05) is 39.4 Å². The Morgan fingerprint density at radius 1 is 1.23 bits per heavy atom. The lowest BCUT2D eigenvalue weighted by atomic mass is 9.62. The van der Waals surface area contributed by atoms with Gasteiger partial charge in [0.1, 0.15) is 0 Å². The molecule has 1 aromatic heterocycles. The fourth-order valence-corrected chi connectivity index (χ4v) is 4.72. The number of hydrogen-bond donors (Lipinski definition) is 0. The topological polar surface area (TPSA) is 62.7 Å². The van der Waals surface area contributed by atoms with Gasteiger partial charge in [-0.05, 0) is 42.7 Å². The van der Waals surface area contributed by atoms with Crippen molar-refractivity contribution in [1.82, 2.24) is 14.8 Å². The van der Waals surface area contributed by atoms with Crippen LogP contribution >= 0.6 is 0 Å². The number of carbonyl (C=O) groups excluding carboxylic acids is 2. The van der Waals surface area contributed by atoms with Crippen LogP contribution in [0.15, 0.2) is 24.5 Å². The molecule has 3 fully saturated rings. The van der Waals surface area contributed by atoms with Gasteiger partial charge in [-0.15, -0.1) is 0 Å². The van der Waals surface area contributed by atoms with Crippen LogP contribution in [0.2, 0.25) is 0 Å². The third-order valence-corrected chi connectivity index (χ3v) is 6.43. The molecule has 1 aliphatic carbocycles. The van der Waals surface area contributed by atoms with Gasteiger partial charge in [-0.25, -0.2) is 0 Å². The molecule has 2 amide bonds. The van der Waals surface area contributed by atoms with Crippen molar-refractivity contribution in [3.63, 3.8) is 0 Å². The minimum absolute atomic E-state index is 0.0754. The first-order valence-corrected chi connectivity index (χ1v) is 9.73. The van der Waals surface area contributed by atoms with Crippen molar-refractivity contribution in [3.05, 3.63) is 30.1 Å². The molecule has 6 heteroatoms. The number of morpholine rings is 1. The predicted molar refractivity (Wildman–Crippen MR) is 96.5 cm³/mol. The fourth-order valence-electron chi connectivity index (χ4n) is 4.72. The van der Waals surface area contributed by atoms with Gasteiger partial charge in [0.25, 0.3) is 5.91 Å². The predicted octanol–water partition coefficient (Wildman–Crippen LogP) is 1.96. The summed E-state index contributed by atoms with van der Waals surface area (Å²) in [6.45, 7) is 4.31. The van der Waals surface area contributed by atoms with Gasteiger partial charge in [-0.1, -0.05) is 6.42 Å². The van der Waals surface area contributed by atoms with Crippen molar-refractivity contribution in [2.24, 2.45) is 11.3 Å². The molecule has 1 atom stereocenters. The van der Waals surface area contributed by atoms with Crippen molar-refractivity contribution in [2.45, 2.75) is 32.1 Å². The largest absolute Gasteiger partial charge is 0.378 e. The Balaban J connectivity index is 1.38. The molecule has 3 heterocycles. The minimum atomic E-state index is 0.0754. The van der Waals surface area contributed by atoms with Gasteiger partial charge in [-0.3, -0.25) is 14.6 Å². The van der Waals surface area contributed by atoms with Gasteiger partial charge in [0.2, 0.25) is 5.91 Å². The summed E-state index contributed by atoms with van der Waals surface area (Å²) in [4.78, 5) is 33.3. The van der Waals surface area contributed by atoms with Gasteiger partial charge < -0.3 is 14.5 Å². The Labute approximate surface area is 154 Å². The van der Waals surface area contributed by atoms with Gasteiger partial charge in [0.15, 0.2) is 0 Å². The number of ether oxygens (including phenoxy) is 1. The Morgan fingerprint density at radius 3 is 2.69 bits per heavy atom. The maximum atomic E-state index is 12.8. The Morgan fingerprint density at radius 2 is 2.04 bits per heavy atom. The van der Waals surface area contributed by atoms with E-state index in [0.717, 1.165) is 19.5 Å². The first kappa shape index (κ1) is 17.5. The summed E-state index contributed by atoms with van der Waals surface area (Å²) in [5.41, 5.74) is 0.899. The second kappa shape index (κ2) is 7.35. The lowest BCUT2D eigenvalue weighted by molar-refractivity contribution is -0.135. The fraction of sp³-hybridized carbons (Fsp3) is 0.650.